The molecule has 0 aliphatic heterocycles. The van der Waals surface area contributed by atoms with Gasteiger partial charge in [-0.15, -0.1) is 0 Å². The fraction of sp³-hybridized carbons (Fsp3) is 0.929. The topological polar surface area (TPSA) is 43.1 Å². The van der Waals surface area contributed by atoms with Gasteiger partial charge in [-0.2, -0.15) is 0 Å². The summed E-state index contributed by atoms with van der Waals surface area (Å²) < 4.78 is 0. The lowest BCUT2D eigenvalue weighted by atomic mass is 9.58. The third-order valence-corrected chi connectivity index (χ3v) is 4.71. The molecule has 3 unspecified atom stereocenters. The Morgan fingerprint density at radius 2 is 1.19 bits per heavy atom. The van der Waals surface area contributed by atoms with Crippen LogP contribution in [0.2, 0.25) is 0 Å². The van der Waals surface area contributed by atoms with Crippen LogP contribution >= 0.6 is 0 Å². The number of carbonyl (C=O) groups excluding carboxylic acids is 1. The summed E-state index contributed by atoms with van der Waals surface area (Å²) in [5.74, 6) is 0.963. The summed E-state index contributed by atoms with van der Waals surface area (Å²) >= 11 is 0. The maximum atomic E-state index is 12.0. The lowest BCUT2D eigenvalue weighted by Crippen LogP contribution is -2.51. The number of hydrogen-bond donors (Lipinski definition) is 1. The van der Waals surface area contributed by atoms with E-state index in [1.165, 1.54) is 0 Å². The zero-order chi connectivity index (χ0) is 12.9. The van der Waals surface area contributed by atoms with Crippen molar-refractivity contribution < 1.29 is 4.79 Å². The molecule has 0 saturated heterocycles. The predicted octanol–water partition coefficient (Wildman–Crippen LogP) is 3.60. The Bertz CT molecular complexity index is 198. The molecule has 0 saturated carbocycles. The first-order valence-corrected chi connectivity index (χ1v) is 6.69. The second-order valence-corrected chi connectivity index (χ2v) is 5.23. The first-order valence-electron chi connectivity index (χ1n) is 6.69. The molecule has 1 amide bonds. The summed E-state index contributed by atoms with van der Waals surface area (Å²) in [6.07, 6.45) is 3.03. The minimum Gasteiger partial charge on any atom is -0.369 e. The van der Waals surface area contributed by atoms with Crippen molar-refractivity contribution in [3.63, 3.8) is 0 Å². The van der Waals surface area contributed by atoms with E-state index in [-0.39, 0.29) is 11.3 Å². The van der Waals surface area contributed by atoms with Gasteiger partial charge >= 0.3 is 0 Å². The van der Waals surface area contributed by atoms with Crippen LogP contribution in [-0.2, 0) is 4.79 Å². The SMILES string of the molecule is CCC(C)C(C(N)=O)(C(C)CC)C(C)CC. The molecule has 0 radical (unpaired) electrons. The van der Waals surface area contributed by atoms with Crippen LogP contribution in [0.1, 0.15) is 60.8 Å². The minimum atomic E-state index is -0.335. The second kappa shape index (κ2) is 6.27. The van der Waals surface area contributed by atoms with Crippen LogP contribution in [0.15, 0.2) is 0 Å². The molecule has 0 heterocycles. The summed E-state index contributed by atoms with van der Waals surface area (Å²) in [5.41, 5.74) is 5.43. The van der Waals surface area contributed by atoms with Gasteiger partial charge in [0.15, 0.2) is 0 Å². The Morgan fingerprint density at radius 1 is 0.938 bits per heavy atom. The first kappa shape index (κ1) is 15.5. The average Bonchev–Trinajstić information content (AvgIpc) is 2.28. The monoisotopic (exact) mass is 227 g/mol. The van der Waals surface area contributed by atoms with E-state index in [0.717, 1.165) is 19.3 Å². The highest BCUT2D eigenvalue weighted by Crippen LogP contribution is 2.46. The van der Waals surface area contributed by atoms with Crippen LogP contribution in [0.25, 0.3) is 0 Å². The Morgan fingerprint density at radius 3 is 1.31 bits per heavy atom. The van der Waals surface area contributed by atoms with Crippen LogP contribution in [0.3, 0.4) is 0 Å². The van der Waals surface area contributed by atoms with Crippen LogP contribution in [0.5, 0.6) is 0 Å². The van der Waals surface area contributed by atoms with Crippen molar-refractivity contribution in [2.75, 3.05) is 0 Å². The lowest BCUT2D eigenvalue weighted by Gasteiger charge is -2.45. The van der Waals surface area contributed by atoms with E-state index in [1.807, 2.05) is 0 Å². The third-order valence-electron chi connectivity index (χ3n) is 4.71. The molecule has 0 bridgehead atoms. The van der Waals surface area contributed by atoms with Crippen molar-refractivity contribution in [2.24, 2.45) is 28.9 Å². The van der Waals surface area contributed by atoms with Crippen LogP contribution in [0, 0.1) is 23.2 Å². The van der Waals surface area contributed by atoms with Crippen LogP contribution < -0.4 is 5.73 Å². The van der Waals surface area contributed by atoms with Crippen molar-refractivity contribution in [3.8, 4) is 0 Å². The van der Waals surface area contributed by atoms with Gasteiger partial charge in [0.05, 0.1) is 5.41 Å². The molecule has 2 N–H and O–H groups in total. The molecule has 0 aromatic carbocycles. The molecule has 2 nitrogen and oxygen atoms in total. The molecule has 0 aromatic heterocycles. The molecule has 0 spiro atoms. The number of nitrogens with two attached hydrogens (primary N) is 1. The molecule has 0 aromatic rings. The van der Waals surface area contributed by atoms with Gasteiger partial charge in [0.2, 0.25) is 5.91 Å². The molecular weight excluding hydrogens is 198 g/mol. The predicted molar refractivity (Wildman–Crippen MR) is 70.0 cm³/mol. The van der Waals surface area contributed by atoms with Crippen molar-refractivity contribution in [1.82, 2.24) is 0 Å². The Kier molecular flexibility index (Phi) is 6.06. The van der Waals surface area contributed by atoms with Gasteiger partial charge in [0, 0.05) is 0 Å². The number of carbonyl (C=O) groups is 1. The second-order valence-electron chi connectivity index (χ2n) is 5.23. The first-order chi connectivity index (χ1) is 7.39. The maximum absolute atomic E-state index is 12.0. The fourth-order valence-corrected chi connectivity index (χ4v) is 3.20. The molecule has 0 aliphatic carbocycles. The number of primary amides is 1. The average molecular weight is 227 g/mol. The summed E-state index contributed by atoms with van der Waals surface area (Å²) in [4.78, 5) is 12.0. The largest absolute Gasteiger partial charge is 0.369 e. The van der Waals surface area contributed by atoms with E-state index >= 15 is 0 Å². The van der Waals surface area contributed by atoms with Crippen molar-refractivity contribution in [2.45, 2.75) is 60.8 Å². The molecule has 0 rings (SSSR count). The highest BCUT2D eigenvalue weighted by atomic mass is 16.1. The van der Waals surface area contributed by atoms with Gasteiger partial charge in [-0.1, -0.05) is 60.8 Å². The van der Waals surface area contributed by atoms with E-state index in [4.69, 9.17) is 5.73 Å². The number of amides is 1. The quantitative estimate of drug-likeness (QED) is 0.709. The van der Waals surface area contributed by atoms with Gasteiger partial charge in [-0.25, -0.2) is 0 Å². The molecule has 0 aliphatic rings. The summed E-state index contributed by atoms with van der Waals surface area (Å²) in [5, 5.41) is 0. The van der Waals surface area contributed by atoms with Gasteiger partial charge in [0.25, 0.3) is 0 Å². The summed E-state index contributed by atoms with van der Waals surface area (Å²) in [7, 11) is 0. The maximum Gasteiger partial charge on any atom is 0.224 e. The Hall–Kier alpha value is -0.530. The molecule has 16 heavy (non-hydrogen) atoms. The van der Waals surface area contributed by atoms with E-state index in [0.29, 0.717) is 17.8 Å². The zero-order valence-corrected chi connectivity index (χ0v) is 11.8. The van der Waals surface area contributed by atoms with Gasteiger partial charge < -0.3 is 5.73 Å². The van der Waals surface area contributed by atoms with E-state index in [9.17, 15) is 4.79 Å². The highest BCUT2D eigenvalue weighted by Gasteiger charge is 2.48. The van der Waals surface area contributed by atoms with Gasteiger partial charge in [-0.05, 0) is 17.8 Å². The Balaban J connectivity index is 5.48. The fourth-order valence-electron chi connectivity index (χ4n) is 3.20. The van der Waals surface area contributed by atoms with E-state index in [2.05, 4.69) is 41.5 Å². The number of rotatable bonds is 7. The molecule has 3 atom stereocenters. The Labute approximate surface area is 101 Å². The van der Waals surface area contributed by atoms with E-state index in [1.54, 1.807) is 0 Å². The van der Waals surface area contributed by atoms with Crippen molar-refractivity contribution >= 4 is 5.91 Å². The minimum absolute atomic E-state index is 0.106. The number of hydrogen-bond acceptors (Lipinski definition) is 1. The molecule has 0 fully saturated rings. The smallest absolute Gasteiger partial charge is 0.224 e. The van der Waals surface area contributed by atoms with Crippen molar-refractivity contribution in [1.29, 1.82) is 0 Å². The summed E-state index contributed by atoms with van der Waals surface area (Å²) in [6, 6.07) is 0. The molecule has 96 valence electrons. The molecular formula is C14H29NO. The normalized spacial score (nSPS) is 20.9. The third kappa shape index (κ3) is 2.41. The van der Waals surface area contributed by atoms with Crippen LogP contribution in [0.4, 0.5) is 0 Å². The zero-order valence-electron chi connectivity index (χ0n) is 11.8. The lowest BCUT2D eigenvalue weighted by molar-refractivity contribution is -0.140. The molecule has 2 heteroatoms. The van der Waals surface area contributed by atoms with Crippen molar-refractivity contribution in [3.05, 3.63) is 0 Å². The van der Waals surface area contributed by atoms with Crippen LogP contribution in [-0.4, -0.2) is 5.91 Å². The van der Waals surface area contributed by atoms with Gasteiger partial charge in [-0.3, -0.25) is 4.79 Å². The van der Waals surface area contributed by atoms with E-state index < -0.39 is 0 Å². The highest BCUT2D eigenvalue weighted by molar-refractivity contribution is 5.81. The standard InChI is InChI=1S/C14H29NO/c1-7-10(4)14(13(15)16,11(5)8-2)12(6)9-3/h10-12H,7-9H2,1-6H3,(H2,15,16). The summed E-state index contributed by atoms with van der Waals surface area (Å²) in [6.45, 7) is 12.9. The van der Waals surface area contributed by atoms with Gasteiger partial charge in [0.1, 0.15) is 0 Å².